The highest BCUT2D eigenvalue weighted by molar-refractivity contribution is 6.17. The van der Waals surface area contributed by atoms with Gasteiger partial charge in [-0.1, -0.05) is 12.8 Å². The molecule has 0 unspecified atom stereocenters. The summed E-state index contributed by atoms with van der Waals surface area (Å²) in [5.74, 6) is 1.18. The van der Waals surface area contributed by atoms with E-state index in [0.717, 1.165) is 38.1 Å². The first-order valence-electron chi connectivity index (χ1n) is 6.15. The first-order chi connectivity index (χ1) is 8.29. The zero-order chi connectivity index (χ0) is 12.5. The molecule has 0 bridgehead atoms. The predicted octanol–water partition coefficient (Wildman–Crippen LogP) is 2.47. The summed E-state index contributed by atoms with van der Waals surface area (Å²) in [4.78, 5) is 15.8. The maximum Gasteiger partial charge on any atom is 0.293 e. The second kappa shape index (κ2) is 8.12. The van der Waals surface area contributed by atoms with Crippen molar-refractivity contribution in [3.63, 3.8) is 0 Å². The molecule has 0 saturated heterocycles. The molecule has 1 N–H and O–H groups in total. The zero-order valence-electron chi connectivity index (χ0n) is 10.3. The Morgan fingerprint density at radius 2 is 2.12 bits per heavy atom. The molecule has 0 fully saturated rings. The number of alkyl halides is 1. The fourth-order valence-electron chi connectivity index (χ4n) is 1.60. The monoisotopic (exact) mass is 257 g/mol. The molecule has 17 heavy (non-hydrogen) atoms. The SMILES string of the molecule is CCn1ccnc(NCCCCCCCl)c1=O. The van der Waals surface area contributed by atoms with Crippen molar-refractivity contribution >= 4 is 17.4 Å². The maximum absolute atomic E-state index is 11.8. The third-order valence-corrected chi connectivity index (χ3v) is 2.87. The van der Waals surface area contributed by atoms with Gasteiger partial charge in [0.1, 0.15) is 0 Å². The third-order valence-electron chi connectivity index (χ3n) is 2.61. The maximum atomic E-state index is 11.8. The number of anilines is 1. The van der Waals surface area contributed by atoms with Crippen LogP contribution in [-0.4, -0.2) is 22.0 Å². The summed E-state index contributed by atoms with van der Waals surface area (Å²) in [5, 5.41) is 3.09. The Labute approximate surface area is 107 Å². The van der Waals surface area contributed by atoms with Gasteiger partial charge in [-0.05, 0) is 19.8 Å². The van der Waals surface area contributed by atoms with Crippen molar-refractivity contribution in [3.8, 4) is 0 Å². The van der Waals surface area contributed by atoms with Crippen molar-refractivity contribution < 1.29 is 0 Å². The minimum absolute atomic E-state index is 0.0456. The van der Waals surface area contributed by atoms with Gasteiger partial charge in [0.05, 0.1) is 0 Å². The summed E-state index contributed by atoms with van der Waals surface area (Å²) in [6.45, 7) is 3.40. The van der Waals surface area contributed by atoms with Crippen LogP contribution in [0.3, 0.4) is 0 Å². The third kappa shape index (κ3) is 4.77. The van der Waals surface area contributed by atoms with Crippen molar-refractivity contribution in [2.24, 2.45) is 0 Å². The Balaban J connectivity index is 2.34. The van der Waals surface area contributed by atoms with Gasteiger partial charge in [0.15, 0.2) is 5.82 Å². The number of aryl methyl sites for hydroxylation is 1. The second-order valence-corrected chi connectivity index (χ2v) is 4.27. The Kier molecular flexibility index (Phi) is 6.70. The highest BCUT2D eigenvalue weighted by Gasteiger charge is 2.01. The molecule has 1 heterocycles. The first-order valence-corrected chi connectivity index (χ1v) is 6.68. The van der Waals surface area contributed by atoms with Gasteiger partial charge in [-0.25, -0.2) is 4.98 Å². The number of unbranched alkanes of at least 4 members (excludes halogenated alkanes) is 3. The summed E-state index contributed by atoms with van der Waals surface area (Å²) >= 11 is 5.59. The molecule has 1 rings (SSSR count). The fourth-order valence-corrected chi connectivity index (χ4v) is 1.79. The number of nitrogens with zero attached hydrogens (tertiary/aromatic N) is 2. The van der Waals surface area contributed by atoms with Gasteiger partial charge in [-0.15, -0.1) is 11.6 Å². The molecule has 4 nitrogen and oxygen atoms in total. The topological polar surface area (TPSA) is 46.9 Å². The van der Waals surface area contributed by atoms with Gasteiger partial charge in [0, 0.05) is 31.4 Å². The van der Waals surface area contributed by atoms with Gasteiger partial charge in [-0.2, -0.15) is 0 Å². The molecule has 96 valence electrons. The summed E-state index contributed by atoms with van der Waals surface area (Å²) < 4.78 is 1.64. The van der Waals surface area contributed by atoms with E-state index in [1.807, 2.05) is 6.92 Å². The van der Waals surface area contributed by atoms with Crippen LogP contribution in [0.5, 0.6) is 0 Å². The van der Waals surface area contributed by atoms with Crippen LogP contribution in [0.4, 0.5) is 5.82 Å². The lowest BCUT2D eigenvalue weighted by molar-refractivity contribution is 0.682. The summed E-state index contributed by atoms with van der Waals surface area (Å²) in [7, 11) is 0. The Morgan fingerprint density at radius 1 is 1.35 bits per heavy atom. The van der Waals surface area contributed by atoms with E-state index in [-0.39, 0.29) is 5.56 Å². The lowest BCUT2D eigenvalue weighted by atomic mass is 10.2. The van der Waals surface area contributed by atoms with E-state index in [1.165, 1.54) is 0 Å². The van der Waals surface area contributed by atoms with E-state index in [2.05, 4.69) is 10.3 Å². The molecular formula is C12H20ClN3O. The normalized spacial score (nSPS) is 10.5. The zero-order valence-corrected chi connectivity index (χ0v) is 11.0. The number of aromatic nitrogens is 2. The van der Waals surface area contributed by atoms with Gasteiger partial charge < -0.3 is 9.88 Å². The standard InChI is InChI=1S/C12H20ClN3O/c1-2-16-10-9-15-11(12(16)17)14-8-6-4-3-5-7-13/h9-10H,2-8H2,1H3,(H,14,15). The molecule has 0 aliphatic rings. The molecule has 0 saturated carbocycles. The molecule has 0 amide bonds. The molecule has 0 spiro atoms. The minimum atomic E-state index is -0.0456. The Bertz CT molecular complexity index is 378. The van der Waals surface area contributed by atoms with Gasteiger partial charge in [0.2, 0.25) is 0 Å². The van der Waals surface area contributed by atoms with E-state index in [4.69, 9.17) is 11.6 Å². The average molecular weight is 258 g/mol. The highest BCUT2D eigenvalue weighted by atomic mass is 35.5. The number of nitrogens with one attached hydrogen (secondary N) is 1. The van der Waals surface area contributed by atoms with Crippen LogP contribution in [0, 0.1) is 0 Å². The molecule has 0 aromatic carbocycles. The molecule has 5 heteroatoms. The second-order valence-electron chi connectivity index (χ2n) is 3.90. The quantitative estimate of drug-likeness (QED) is 0.575. The Morgan fingerprint density at radius 3 is 2.82 bits per heavy atom. The largest absolute Gasteiger partial charge is 0.365 e. The molecule has 0 aliphatic carbocycles. The van der Waals surface area contributed by atoms with Crippen LogP contribution in [0.15, 0.2) is 17.2 Å². The van der Waals surface area contributed by atoms with Crippen molar-refractivity contribution in [1.29, 1.82) is 0 Å². The van der Waals surface area contributed by atoms with Crippen molar-refractivity contribution in [3.05, 3.63) is 22.7 Å². The number of halogens is 1. The van der Waals surface area contributed by atoms with Crippen molar-refractivity contribution in [2.75, 3.05) is 17.7 Å². The van der Waals surface area contributed by atoms with Crippen LogP contribution in [0.25, 0.3) is 0 Å². The van der Waals surface area contributed by atoms with E-state index in [0.29, 0.717) is 12.4 Å². The van der Waals surface area contributed by atoms with E-state index in [9.17, 15) is 4.79 Å². The lowest BCUT2D eigenvalue weighted by Crippen LogP contribution is -2.24. The molecular weight excluding hydrogens is 238 g/mol. The summed E-state index contributed by atoms with van der Waals surface area (Å²) in [6.07, 6.45) is 7.74. The van der Waals surface area contributed by atoms with E-state index in [1.54, 1.807) is 17.0 Å². The number of hydrogen-bond donors (Lipinski definition) is 1. The molecule has 0 atom stereocenters. The lowest BCUT2D eigenvalue weighted by Gasteiger charge is -2.07. The van der Waals surface area contributed by atoms with Gasteiger partial charge in [0.25, 0.3) is 5.56 Å². The van der Waals surface area contributed by atoms with Crippen LogP contribution >= 0.6 is 11.6 Å². The van der Waals surface area contributed by atoms with Gasteiger partial charge >= 0.3 is 0 Å². The smallest absolute Gasteiger partial charge is 0.293 e. The van der Waals surface area contributed by atoms with Crippen LogP contribution in [0.2, 0.25) is 0 Å². The fraction of sp³-hybridized carbons (Fsp3) is 0.667. The van der Waals surface area contributed by atoms with Crippen LogP contribution in [-0.2, 0) is 6.54 Å². The molecule has 0 aliphatic heterocycles. The van der Waals surface area contributed by atoms with Crippen LogP contribution in [0.1, 0.15) is 32.6 Å². The van der Waals surface area contributed by atoms with E-state index >= 15 is 0 Å². The highest BCUT2D eigenvalue weighted by Crippen LogP contribution is 2.01. The molecule has 1 aromatic heterocycles. The number of rotatable bonds is 8. The van der Waals surface area contributed by atoms with Crippen molar-refractivity contribution in [2.45, 2.75) is 39.2 Å². The average Bonchev–Trinajstić information content (AvgIpc) is 2.35. The van der Waals surface area contributed by atoms with Gasteiger partial charge in [-0.3, -0.25) is 4.79 Å². The van der Waals surface area contributed by atoms with Crippen molar-refractivity contribution in [1.82, 2.24) is 9.55 Å². The van der Waals surface area contributed by atoms with E-state index < -0.39 is 0 Å². The summed E-state index contributed by atoms with van der Waals surface area (Å²) in [6, 6.07) is 0. The predicted molar refractivity (Wildman–Crippen MR) is 71.8 cm³/mol. The first kappa shape index (κ1) is 14.0. The molecule has 0 radical (unpaired) electrons. The minimum Gasteiger partial charge on any atom is -0.365 e. The Hall–Kier alpha value is -1.03. The molecule has 1 aromatic rings. The van der Waals surface area contributed by atoms with Crippen LogP contribution < -0.4 is 10.9 Å². The summed E-state index contributed by atoms with van der Waals surface area (Å²) in [5.41, 5.74) is -0.0456. The number of hydrogen-bond acceptors (Lipinski definition) is 3.